The Morgan fingerprint density at radius 2 is 1.52 bits per heavy atom. The van der Waals surface area contributed by atoms with E-state index in [1.807, 2.05) is 30.3 Å². The first-order valence-electron chi connectivity index (χ1n) is 7.49. The van der Waals surface area contributed by atoms with Crippen LogP contribution in [-0.2, 0) is 0 Å². The van der Waals surface area contributed by atoms with Gasteiger partial charge in [0.1, 0.15) is 11.9 Å². The van der Waals surface area contributed by atoms with Crippen molar-refractivity contribution < 1.29 is 9.84 Å². The van der Waals surface area contributed by atoms with E-state index in [-0.39, 0.29) is 12.2 Å². The Labute approximate surface area is 130 Å². The number of benzene rings is 2. The molecule has 2 aromatic carbocycles. The second-order valence-electron chi connectivity index (χ2n) is 5.39. The van der Waals surface area contributed by atoms with E-state index in [1.165, 1.54) is 9.79 Å². The van der Waals surface area contributed by atoms with Crippen LogP contribution < -0.4 is 4.74 Å². The lowest BCUT2D eigenvalue weighted by atomic mass is 9.95. The largest absolute Gasteiger partial charge is 0.488 e. The number of hydrogen-bond donors (Lipinski definition) is 1. The minimum Gasteiger partial charge on any atom is -0.488 e. The summed E-state index contributed by atoms with van der Waals surface area (Å²) in [4.78, 5) is 2.42. The molecule has 2 atom stereocenters. The van der Waals surface area contributed by atoms with Gasteiger partial charge in [-0.3, -0.25) is 0 Å². The maximum absolute atomic E-state index is 9.95. The molecule has 3 rings (SSSR count). The molecule has 3 heteroatoms. The summed E-state index contributed by atoms with van der Waals surface area (Å²) in [5, 5.41) is 9.95. The number of aliphatic hydroxyl groups excluding tert-OH is 1. The molecular weight excluding hydrogens is 280 g/mol. The summed E-state index contributed by atoms with van der Waals surface area (Å²) in [5.41, 5.74) is 0. The minimum absolute atomic E-state index is 0.0497. The smallest absolute Gasteiger partial charge is 0.124 e. The summed E-state index contributed by atoms with van der Waals surface area (Å²) in [6, 6.07) is 18.5. The summed E-state index contributed by atoms with van der Waals surface area (Å²) in [5.74, 6) is 0.846. The molecule has 0 aliphatic heterocycles. The summed E-state index contributed by atoms with van der Waals surface area (Å²) in [6.45, 7) is 0. The van der Waals surface area contributed by atoms with E-state index in [4.69, 9.17) is 4.74 Å². The molecule has 0 spiro atoms. The molecule has 0 amide bonds. The summed E-state index contributed by atoms with van der Waals surface area (Å²) in [7, 11) is 0. The van der Waals surface area contributed by atoms with E-state index in [1.54, 1.807) is 11.8 Å². The van der Waals surface area contributed by atoms with Crippen molar-refractivity contribution in [3.8, 4) is 5.75 Å². The maximum atomic E-state index is 9.95. The first kappa shape index (κ1) is 14.5. The van der Waals surface area contributed by atoms with Crippen molar-refractivity contribution in [2.75, 3.05) is 0 Å². The molecule has 0 bridgehead atoms. The Bertz CT molecular complexity index is 553. The Morgan fingerprint density at radius 1 is 0.857 bits per heavy atom. The van der Waals surface area contributed by atoms with E-state index < -0.39 is 0 Å². The van der Waals surface area contributed by atoms with E-state index in [0.29, 0.717) is 0 Å². The van der Waals surface area contributed by atoms with Gasteiger partial charge in [-0.2, -0.15) is 0 Å². The molecule has 0 saturated heterocycles. The second-order valence-corrected chi connectivity index (χ2v) is 6.54. The normalized spacial score (nSPS) is 22.0. The lowest BCUT2D eigenvalue weighted by Crippen LogP contribution is -2.34. The van der Waals surface area contributed by atoms with Gasteiger partial charge < -0.3 is 9.84 Å². The zero-order valence-electron chi connectivity index (χ0n) is 11.9. The van der Waals surface area contributed by atoms with Crippen molar-refractivity contribution in [2.45, 2.75) is 47.7 Å². The molecular formula is C18H20O2S. The van der Waals surface area contributed by atoms with Gasteiger partial charge in [0.05, 0.1) is 6.10 Å². The summed E-state index contributed by atoms with van der Waals surface area (Å²) < 4.78 is 5.91. The fraction of sp³-hybridized carbons (Fsp3) is 0.333. The highest BCUT2D eigenvalue weighted by atomic mass is 32.2. The molecule has 21 heavy (non-hydrogen) atoms. The number of rotatable bonds is 4. The molecule has 0 aromatic heterocycles. The third-order valence-electron chi connectivity index (χ3n) is 3.76. The van der Waals surface area contributed by atoms with Crippen molar-refractivity contribution in [3.63, 3.8) is 0 Å². The van der Waals surface area contributed by atoms with Crippen molar-refractivity contribution in [1.29, 1.82) is 0 Å². The quantitative estimate of drug-likeness (QED) is 0.900. The highest BCUT2D eigenvalue weighted by Crippen LogP contribution is 2.30. The van der Waals surface area contributed by atoms with Gasteiger partial charge in [0.15, 0.2) is 0 Å². The minimum atomic E-state index is -0.322. The highest BCUT2D eigenvalue weighted by molar-refractivity contribution is 7.99. The van der Waals surface area contributed by atoms with Gasteiger partial charge in [-0.05, 0) is 55.7 Å². The Morgan fingerprint density at radius 3 is 2.24 bits per heavy atom. The van der Waals surface area contributed by atoms with Crippen LogP contribution in [0.4, 0.5) is 0 Å². The number of ether oxygens (including phenoxy) is 1. The predicted molar refractivity (Wildman–Crippen MR) is 85.9 cm³/mol. The second kappa shape index (κ2) is 7.01. The van der Waals surface area contributed by atoms with Crippen molar-refractivity contribution in [2.24, 2.45) is 0 Å². The van der Waals surface area contributed by atoms with Crippen LogP contribution >= 0.6 is 11.8 Å². The van der Waals surface area contributed by atoms with Crippen LogP contribution in [0.15, 0.2) is 64.4 Å². The molecule has 1 saturated carbocycles. The molecule has 1 aliphatic carbocycles. The fourth-order valence-corrected chi connectivity index (χ4v) is 3.44. The monoisotopic (exact) mass is 300 g/mol. The molecule has 1 N–H and O–H groups in total. The Balaban J connectivity index is 1.61. The summed E-state index contributed by atoms with van der Waals surface area (Å²) >= 11 is 1.74. The Kier molecular flexibility index (Phi) is 4.84. The Hall–Kier alpha value is -1.45. The van der Waals surface area contributed by atoms with E-state index in [9.17, 15) is 5.11 Å². The SMILES string of the molecule is OC1CCCCC1Oc1ccc(Sc2ccccc2)cc1. The highest BCUT2D eigenvalue weighted by Gasteiger charge is 2.24. The van der Waals surface area contributed by atoms with Crippen LogP contribution in [0.5, 0.6) is 5.75 Å². The lowest BCUT2D eigenvalue weighted by Gasteiger charge is -2.28. The zero-order valence-corrected chi connectivity index (χ0v) is 12.8. The van der Waals surface area contributed by atoms with Crippen LogP contribution in [0.25, 0.3) is 0 Å². The first-order valence-corrected chi connectivity index (χ1v) is 8.30. The van der Waals surface area contributed by atoms with Gasteiger partial charge in [-0.15, -0.1) is 0 Å². The molecule has 0 heterocycles. The van der Waals surface area contributed by atoms with Crippen LogP contribution in [0.3, 0.4) is 0 Å². The third-order valence-corrected chi connectivity index (χ3v) is 4.77. The van der Waals surface area contributed by atoms with E-state index in [2.05, 4.69) is 24.3 Å². The van der Waals surface area contributed by atoms with Crippen LogP contribution in [-0.4, -0.2) is 17.3 Å². The number of hydrogen-bond acceptors (Lipinski definition) is 3. The van der Waals surface area contributed by atoms with Crippen molar-refractivity contribution in [1.82, 2.24) is 0 Å². The van der Waals surface area contributed by atoms with Gasteiger partial charge in [-0.25, -0.2) is 0 Å². The van der Waals surface area contributed by atoms with Crippen LogP contribution in [0.2, 0.25) is 0 Å². The molecule has 0 radical (unpaired) electrons. The fourth-order valence-electron chi connectivity index (χ4n) is 2.60. The van der Waals surface area contributed by atoms with Gasteiger partial charge in [-0.1, -0.05) is 36.4 Å². The van der Waals surface area contributed by atoms with Crippen molar-refractivity contribution in [3.05, 3.63) is 54.6 Å². The van der Waals surface area contributed by atoms with E-state index >= 15 is 0 Å². The first-order chi connectivity index (χ1) is 10.3. The maximum Gasteiger partial charge on any atom is 0.124 e. The zero-order chi connectivity index (χ0) is 14.5. The topological polar surface area (TPSA) is 29.5 Å². The average molecular weight is 300 g/mol. The molecule has 2 nitrogen and oxygen atoms in total. The molecule has 1 fully saturated rings. The van der Waals surface area contributed by atoms with Crippen molar-refractivity contribution >= 4 is 11.8 Å². The van der Waals surface area contributed by atoms with Gasteiger partial charge in [0.2, 0.25) is 0 Å². The molecule has 1 aliphatic rings. The average Bonchev–Trinajstić information content (AvgIpc) is 2.52. The molecule has 2 unspecified atom stereocenters. The third kappa shape index (κ3) is 4.02. The van der Waals surface area contributed by atoms with Gasteiger partial charge >= 0.3 is 0 Å². The van der Waals surface area contributed by atoms with Crippen LogP contribution in [0, 0.1) is 0 Å². The molecule has 110 valence electrons. The van der Waals surface area contributed by atoms with Crippen LogP contribution in [0.1, 0.15) is 25.7 Å². The summed E-state index contributed by atoms with van der Waals surface area (Å²) in [6.07, 6.45) is 3.68. The predicted octanol–water partition coefficient (Wildman–Crippen LogP) is 4.52. The standard InChI is InChI=1S/C18H20O2S/c19-17-8-4-5-9-18(17)20-14-10-12-16(13-11-14)21-15-6-2-1-3-7-15/h1-3,6-7,10-13,17-19H,4-5,8-9H2. The number of aliphatic hydroxyl groups is 1. The lowest BCUT2D eigenvalue weighted by molar-refractivity contribution is 0.00685. The van der Waals surface area contributed by atoms with Gasteiger partial charge in [0.25, 0.3) is 0 Å². The molecule has 2 aromatic rings. The van der Waals surface area contributed by atoms with Gasteiger partial charge in [0, 0.05) is 9.79 Å². The van der Waals surface area contributed by atoms with E-state index in [0.717, 1.165) is 31.4 Å².